The van der Waals surface area contributed by atoms with Gasteiger partial charge in [-0.1, -0.05) is 13.0 Å². The predicted molar refractivity (Wildman–Crippen MR) is 71.3 cm³/mol. The largest absolute Gasteiger partial charge is 0.369 e. The van der Waals surface area contributed by atoms with E-state index in [0.717, 1.165) is 25.1 Å². The zero-order chi connectivity index (χ0) is 13.0. The molecule has 0 saturated heterocycles. The molecule has 96 valence electrons. The van der Waals surface area contributed by atoms with Crippen molar-refractivity contribution in [3.8, 4) is 0 Å². The maximum atomic E-state index is 13.9. The molecule has 18 heavy (non-hydrogen) atoms. The Morgan fingerprint density at radius 3 is 2.94 bits per heavy atom. The van der Waals surface area contributed by atoms with E-state index in [-0.39, 0.29) is 11.2 Å². The van der Waals surface area contributed by atoms with Crippen LogP contribution in [0.4, 0.5) is 4.39 Å². The van der Waals surface area contributed by atoms with E-state index >= 15 is 0 Å². The molecule has 1 aliphatic carbocycles. The number of nitrogens with zero attached hydrogens (tertiary/aromatic N) is 2. The Morgan fingerprint density at radius 2 is 2.44 bits per heavy atom. The third-order valence-electron chi connectivity index (χ3n) is 3.61. The number of aliphatic imine (C=N–C) groups is 1. The Hall–Kier alpha value is -1.71. The van der Waals surface area contributed by atoms with E-state index in [0.29, 0.717) is 12.2 Å². The Kier molecular flexibility index (Phi) is 3.75. The van der Waals surface area contributed by atoms with Gasteiger partial charge in [0.05, 0.1) is 5.69 Å². The molecule has 0 atom stereocenters. The van der Waals surface area contributed by atoms with Gasteiger partial charge in [0, 0.05) is 25.2 Å². The fourth-order valence-corrected chi connectivity index (χ4v) is 2.38. The zero-order valence-corrected chi connectivity index (χ0v) is 10.6. The van der Waals surface area contributed by atoms with Crippen LogP contribution in [0.2, 0.25) is 0 Å². The van der Waals surface area contributed by atoms with Crippen molar-refractivity contribution in [2.24, 2.45) is 4.99 Å². The molecule has 1 aromatic rings. The summed E-state index contributed by atoms with van der Waals surface area (Å²) >= 11 is 0. The molecule has 0 bridgehead atoms. The average molecular weight is 247 g/mol. The van der Waals surface area contributed by atoms with Crippen molar-refractivity contribution in [3.05, 3.63) is 42.5 Å². The average Bonchev–Trinajstić information content (AvgIpc) is 2.34. The van der Waals surface area contributed by atoms with Crippen LogP contribution in [0.3, 0.4) is 0 Å². The highest BCUT2D eigenvalue weighted by molar-refractivity contribution is 5.92. The fourth-order valence-electron chi connectivity index (χ4n) is 2.38. The van der Waals surface area contributed by atoms with Gasteiger partial charge in [-0.15, -0.1) is 0 Å². The first-order chi connectivity index (χ1) is 8.72. The number of hydrogen-bond acceptors (Lipinski definition) is 2. The van der Waals surface area contributed by atoms with Crippen LogP contribution in [-0.2, 0) is 5.41 Å². The Labute approximate surface area is 107 Å². The minimum atomic E-state index is -0.215. The molecule has 1 saturated carbocycles. The SMILES string of the molecule is C=CC(=NC)NCC1(c2ncccc2F)CCC1. The fraction of sp³-hybridized carbons (Fsp3) is 0.429. The first-order valence-corrected chi connectivity index (χ1v) is 6.16. The van der Waals surface area contributed by atoms with Gasteiger partial charge in [-0.2, -0.15) is 0 Å². The van der Waals surface area contributed by atoms with Gasteiger partial charge in [-0.05, 0) is 31.1 Å². The summed E-state index contributed by atoms with van der Waals surface area (Å²) in [5.74, 6) is 0.519. The molecule has 1 aromatic heterocycles. The Morgan fingerprint density at radius 1 is 1.67 bits per heavy atom. The van der Waals surface area contributed by atoms with Crippen LogP contribution >= 0.6 is 0 Å². The highest BCUT2D eigenvalue weighted by atomic mass is 19.1. The summed E-state index contributed by atoms with van der Waals surface area (Å²) in [6.07, 6.45) is 6.36. The van der Waals surface area contributed by atoms with Gasteiger partial charge >= 0.3 is 0 Å². The summed E-state index contributed by atoms with van der Waals surface area (Å²) in [4.78, 5) is 8.28. The number of pyridine rings is 1. The van der Waals surface area contributed by atoms with Crippen LogP contribution in [0.5, 0.6) is 0 Å². The minimum Gasteiger partial charge on any atom is -0.369 e. The molecule has 4 heteroatoms. The van der Waals surface area contributed by atoms with E-state index in [1.807, 2.05) is 0 Å². The molecule has 0 spiro atoms. The van der Waals surface area contributed by atoms with E-state index in [4.69, 9.17) is 0 Å². The Balaban J connectivity index is 2.17. The molecule has 2 rings (SSSR count). The van der Waals surface area contributed by atoms with E-state index < -0.39 is 0 Å². The topological polar surface area (TPSA) is 37.3 Å². The highest BCUT2D eigenvalue weighted by Gasteiger charge is 2.41. The normalized spacial score (nSPS) is 18.0. The quantitative estimate of drug-likeness (QED) is 0.655. The minimum absolute atomic E-state index is 0.190. The highest BCUT2D eigenvalue weighted by Crippen LogP contribution is 2.43. The number of rotatable bonds is 4. The number of halogens is 1. The van der Waals surface area contributed by atoms with Crippen molar-refractivity contribution >= 4 is 5.84 Å². The molecular weight excluding hydrogens is 229 g/mol. The van der Waals surface area contributed by atoms with Crippen LogP contribution in [0.1, 0.15) is 25.0 Å². The van der Waals surface area contributed by atoms with Gasteiger partial charge in [-0.3, -0.25) is 9.98 Å². The number of nitrogens with one attached hydrogen (secondary N) is 1. The first-order valence-electron chi connectivity index (χ1n) is 6.16. The molecule has 1 heterocycles. The molecule has 0 unspecified atom stereocenters. The second kappa shape index (κ2) is 5.29. The lowest BCUT2D eigenvalue weighted by Gasteiger charge is -2.41. The Bertz CT molecular complexity index is 464. The second-order valence-electron chi connectivity index (χ2n) is 4.63. The van der Waals surface area contributed by atoms with Crippen LogP contribution in [-0.4, -0.2) is 24.4 Å². The summed E-state index contributed by atoms with van der Waals surface area (Å²) in [6, 6.07) is 3.10. The summed E-state index contributed by atoms with van der Waals surface area (Å²) in [5.41, 5.74) is 0.382. The van der Waals surface area contributed by atoms with E-state index in [1.54, 1.807) is 25.4 Å². The molecule has 1 N–H and O–H groups in total. The lowest BCUT2D eigenvalue weighted by atomic mass is 9.66. The van der Waals surface area contributed by atoms with Crippen LogP contribution in [0.15, 0.2) is 36.0 Å². The molecular formula is C14H18FN3. The summed E-state index contributed by atoms with van der Waals surface area (Å²) in [5, 5.41) is 3.21. The summed E-state index contributed by atoms with van der Waals surface area (Å²) in [6.45, 7) is 4.34. The van der Waals surface area contributed by atoms with Gasteiger partial charge in [0.25, 0.3) is 0 Å². The van der Waals surface area contributed by atoms with E-state index in [9.17, 15) is 4.39 Å². The molecule has 0 aliphatic heterocycles. The molecule has 0 amide bonds. The lowest BCUT2D eigenvalue weighted by molar-refractivity contribution is 0.229. The monoisotopic (exact) mass is 247 g/mol. The van der Waals surface area contributed by atoms with Gasteiger partial charge < -0.3 is 5.32 Å². The van der Waals surface area contributed by atoms with Gasteiger partial charge in [0.2, 0.25) is 0 Å². The van der Waals surface area contributed by atoms with Gasteiger partial charge in [-0.25, -0.2) is 4.39 Å². The van der Waals surface area contributed by atoms with Crippen molar-refractivity contribution in [1.82, 2.24) is 10.3 Å². The van der Waals surface area contributed by atoms with Crippen molar-refractivity contribution in [3.63, 3.8) is 0 Å². The van der Waals surface area contributed by atoms with Crippen molar-refractivity contribution < 1.29 is 4.39 Å². The number of amidine groups is 1. The van der Waals surface area contributed by atoms with Gasteiger partial charge in [0.1, 0.15) is 11.7 Å². The van der Waals surface area contributed by atoms with Crippen LogP contribution in [0.25, 0.3) is 0 Å². The lowest BCUT2D eigenvalue weighted by Crippen LogP contribution is -2.46. The van der Waals surface area contributed by atoms with Crippen molar-refractivity contribution in [2.45, 2.75) is 24.7 Å². The molecule has 3 nitrogen and oxygen atoms in total. The second-order valence-corrected chi connectivity index (χ2v) is 4.63. The number of aromatic nitrogens is 1. The molecule has 0 aromatic carbocycles. The molecule has 1 aliphatic rings. The van der Waals surface area contributed by atoms with Crippen LogP contribution in [0, 0.1) is 5.82 Å². The molecule has 0 radical (unpaired) electrons. The maximum absolute atomic E-state index is 13.9. The predicted octanol–water partition coefficient (Wildman–Crippen LogP) is 2.45. The molecule has 1 fully saturated rings. The van der Waals surface area contributed by atoms with Crippen molar-refractivity contribution in [2.75, 3.05) is 13.6 Å². The number of hydrogen-bond donors (Lipinski definition) is 1. The zero-order valence-electron chi connectivity index (χ0n) is 10.6. The smallest absolute Gasteiger partial charge is 0.145 e. The van der Waals surface area contributed by atoms with Gasteiger partial charge in [0.15, 0.2) is 0 Å². The van der Waals surface area contributed by atoms with E-state index in [1.165, 1.54) is 6.07 Å². The third-order valence-corrected chi connectivity index (χ3v) is 3.61. The maximum Gasteiger partial charge on any atom is 0.145 e. The van der Waals surface area contributed by atoms with Crippen LogP contribution < -0.4 is 5.32 Å². The third kappa shape index (κ3) is 2.28. The van der Waals surface area contributed by atoms with Crippen molar-refractivity contribution in [1.29, 1.82) is 0 Å². The first kappa shape index (κ1) is 12.7. The van der Waals surface area contributed by atoms with E-state index in [2.05, 4.69) is 21.9 Å². The summed E-state index contributed by atoms with van der Waals surface area (Å²) < 4.78 is 13.9. The summed E-state index contributed by atoms with van der Waals surface area (Å²) in [7, 11) is 1.71. The standard InChI is InChI=1S/C14H18FN3/c1-3-12(16-2)18-10-14(7-5-8-14)13-11(15)6-4-9-17-13/h3-4,6,9H,1,5,7-8,10H2,2H3,(H,16,18).